The first-order valence-corrected chi connectivity index (χ1v) is 12.4. The summed E-state index contributed by atoms with van der Waals surface area (Å²) in [5.74, 6) is -0.00780. The molecule has 0 fully saturated rings. The van der Waals surface area contributed by atoms with E-state index < -0.39 is 0 Å². The predicted molar refractivity (Wildman–Crippen MR) is 136 cm³/mol. The van der Waals surface area contributed by atoms with Crippen molar-refractivity contribution in [2.24, 2.45) is 0 Å². The molecule has 0 bridgehead atoms. The smallest absolute Gasteiger partial charge is 0.261 e. The van der Waals surface area contributed by atoms with E-state index in [2.05, 4.69) is 33.0 Å². The highest BCUT2D eigenvalue weighted by atomic mass is 32.2. The maximum atomic E-state index is 12.6. The molecule has 35 heavy (non-hydrogen) atoms. The van der Waals surface area contributed by atoms with Gasteiger partial charge in [-0.3, -0.25) is 14.5 Å². The minimum atomic E-state index is -0.248. The van der Waals surface area contributed by atoms with Gasteiger partial charge in [-0.15, -0.1) is 10.2 Å². The largest absolute Gasteiger partial charge is 0.323 e. The molecule has 2 aromatic heterocycles. The molecule has 7 nitrogen and oxygen atoms in total. The van der Waals surface area contributed by atoms with Crippen molar-refractivity contribution in [1.29, 1.82) is 0 Å². The van der Waals surface area contributed by atoms with Crippen molar-refractivity contribution in [2.75, 3.05) is 12.3 Å². The summed E-state index contributed by atoms with van der Waals surface area (Å²) in [7, 11) is 0. The SMILES string of the molecule is O=C1c2ccccc2C(=O)N1CCSc1nnc2c3ccccc3n(CCc3ccccc3)c2n1. The van der Waals surface area contributed by atoms with E-state index in [0.717, 1.165) is 35.0 Å². The van der Waals surface area contributed by atoms with Crippen molar-refractivity contribution in [3.63, 3.8) is 0 Å². The van der Waals surface area contributed by atoms with Gasteiger partial charge in [-0.25, -0.2) is 4.98 Å². The molecule has 0 radical (unpaired) electrons. The van der Waals surface area contributed by atoms with Crippen LogP contribution in [0.25, 0.3) is 22.1 Å². The molecule has 8 heteroatoms. The molecule has 2 amide bonds. The van der Waals surface area contributed by atoms with E-state index >= 15 is 0 Å². The van der Waals surface area contributed by atoms with Gasteiger partial charge in [0.05, 0.1) is 16.6 Å². The Hall–Kier alpha value is -4.04. The second kappa shape index (κ2) is 8.96. The Morgan fingerprint density at radius 2 is 1.43 bits per heavy atom. The number of fused-ring (bicyclic) bond motifs is 4. The lowest BCUT2D eigenvalue weighted by atomic mass is 10.1. The molecule has 3 aromatic carbocycles. The second-order valence-electron chi connectivity index (χ2n) is 8.33. The minimum absolute atomic E-state index is 0.248. The van der Waals surface area contributed by atoms with E-state index in [1.54, 1.807) is 24.3 Å². The molecule has 0 unspecified atom stereocenters. The van der Waals surface area contributed by atoms with Gasteiger partial charge < -0.3 is 4.57 Å². The summed E-state index contributed by atoms with van der Waals surface area (Å²) in [5, 5.41) is 10.4. The topological polar surface area (TPSA) is 81.0 Å². The van der Waals surface area contributed by atoms with E-state index in [-0.39, 0.29) is 18.4 Å². The number of para-hydroxylation sites is 1. The zero-order chi connectivity index (χ0) is 23.8. The van der Waals surface area contributed by atoms with Gasteiger partial charge in [0, 0.05) is 24.2 Å². The first-order valence-electron chi connectivity index (χ1n) is 11.4. The maximum Gasteiger partial charge on any atom is 0.261 e. The number of carbonyl (C=O) groups excluding carboxylic acids is 2. The van der Waals surface area contributed by atoms with Gasteiger partial charge in [-0.05, 0) is 30.2 Å². The van der Waals surface area contributed by atoms with Gasteiger partial charge >= 0.3 is 0 Å². The number of nitrogens with zero attached hydrogens (tertiary/aromatic N) is 5. The highest BCUT2D eigenvalue weighted by molar-refractivity contribution is 7.99. The number of aryl methyl sites for hydroxylation is 2. The lowest BCUT2D eigenvalue weighted by Crippen LogP contribution is -2.31. The molecule has 0 saturated heterocycles. The summed E-state index contributed by atoms with van der Waals surface area (Å²) in [4.78, 5) is 31.3. The van der Waals surface area contributed by atoms with E-state index in [1.807, 2.05) is 36.4 Å². The quantitative estimate of drug-likeness (QED) is 0.251. The van der Waals surface area contributed by atoms with E-state index in [1.165, 1.54) is 22.2 Å². The van der Waals surface area contributed by atoms with Crippen LogP contribution in [0.5, 0.6) is 0 Å². The Bertz CT molecular complexity index is 1550. The Balaban J connectivity index is 1.23. The molecule has 6 rings (SSSR count). The number of hydrogen-bond acceptors (Lipinski definition) is 6. The monoisotopic (exact) mass is 479 g/mol. The third-order valence-corrected chi connectivity index (χ3v) is 7.06. The maximum absolute atomic E-state index is 12.6. The van der Waals surface area contributed by atoms with Crippen molar-refractivity contribution < 1.29 is 9.59 Å². The van der Waals surface area contributed by atoms with Crippen LogP contribution in [0.4, 0.5) is 0 Å². The number of benzene rings is 3. The van der Waals surface area contributed by atoms with E-state index in [0.29, 0.717) is 22.0 Å². The molecule has 0 spiro atoms. The van der Waals surface area contributed by atoms with Gasteiger partial charge in [0.2, 0.25) is 5.16 Å². The van der Waals surface area contributed by atoms with Gasteiger partial charge in [0.15, 0.2) is 5.65 Å². The Labute approximate surface area is 205 Å². The van der Waals surface area contributed by atoms with Gasteiger partial charge in [0.1, 0.15) is 5.52 Å². The van der Waals surface area contributed by atoms with Crippen LogP contribution in [0.1, 0.15) is 26.3 Å². The first-order chi connectivity index (χ1) is 17.2. The third kappa shape index (κ3) is 3.85. The number of rotatable bonds is 7. The fourth-order valence-corrected chi connectivity index (χ4v) is 5.24. The fourth-order valence-electron chi connectivity index (χ4n) is 4.53. The molecule has 0 saturated carbocycles. The number of hydrogen-bond donors (Lipinski definition) is 0. The first kappa shape index (κ1) is 21.5. The molecule has 3 heterocycles. The second-order valence-corrected chi connectivity index (χ2v) is 9.39. The zero-order valence-corrected chi connectivity index (χ0v) is 19.6. The van der Waals surface area contributed by atoms with Crippen LogP contribution < -0.4 is 0 Å². The number of aromatic nitrogens is 4. The number of thioether (sulfide) groups is 1. The fraction of sp³-hybridized carbons (Fsp3) is 0.148. The third-order valence-electron chi connectivity index (χ3n) is 6.25. The molecule has 172 valence electrons. The summed E-state index contributed by atoms with van der Waals surface area (Å²) in [5.41, 5.74) is 4.83. The summed E-state index contributed by atoms with van der Waals surface area (Å²) >= 11 is 1.39. The van der Waals surface area contributed by atoms with Crippen molar-refractivity contribution in [3.8, 4) is 0 Å². The van der Waals surface area contributed by atoms with E-state index in [4.69, 9.17) is 4.98 Å². The van der Waals surface area contributed by atoms with Gasteiger partial charge in [-0.2, -0.15) is 0 Å². The van der Waals surface area contributed by atoms with E-state index in [9.17, 15) is 9.59 Å². The van der Waals surface area contributed by atoms with Crippen molar-refractivity contribution in [3.05, 3.63) is 95.6 Å². The summed E-state index contributed by atoms with van der Waals surface area (Å²) < 4.78 is 2.20. The van der Waals surface area contributed by atoms with Crippen LogP contribution in [-0.2, 0) is 13.0 Å². The Morgan fingerprint density at radius 1 is 0.743 bits per heavy atom. The molecule has 0 aliphatic carbocycles. The molecular formula is C27H21N5O2S. The minimum Gasteiger partial charge on any atom is -0.323 e. The lowest BCUT2D eigenvalue weighted by Gasteiger charge is -2.12. The van der Waals surface area contributed by atoms with Crippen molar-refractivity contribution >= 4 is 45.6 Å². The van der Waals surface area contributed by atoms with Crippen LogP contribution in [0.3, 0.4) is 0 Å². The normalized spacial score (nSPS) is 13.2. The number of carbonyl (C=O) groups is 2. The van der Waals surface area contributed by atoms with Gasteiger partial charge in [-0.1, -0.05) is 72.4 Å². The van der Waals surface area contributed by atoms with Crippen LogP contribution in [0, 0.1) is 0 Å². The summed E-state index contributed by atoms with van der Waals surface area (Å²) in [6.45, 7) is 1.06. The van der Waals surface area contributed by atoms with Crippen LogP contribution in [0.15, 0.2) is 84.0 Å². The molecule has 1 aliphatic rings. The molecule has 1 aliphatic heterocycles. The van der Waals surface area contributed by atoms with Gasteiger partial charge in [0.25, 0.3) is 11.8 Å². The van der Waals surface area contributed by atoms with Crippen LogP contribution >= 0.6 is 11.8 Å². The molecule has 5 aromatic rings. The predicted octanol–water partition coefficient (Wildman–Crippen LogP) is 4.61. The molecule has 0 N–H and O–H groups in total. The Morgan fingerprint density at radius 3 is 2.20 bits per heavy atom. The number of imide groups is 1. The Kier molecular flexibility index (Phi) is 5.50. The summed E-state index contributed by atoms with van der Waals surface area (Å²) in [6, 6.07) is 25.4. The molecule has 0 atom stereocenters. The molecular weight excluding hydrogens is 458 g/mol. The standard InChI is InChI=1S/C27H21N5O2S/c33-25-19-10-4-5-11-20(19)26(34)32(25)16-17-35-27-28-24-23(29-30-27)21-12-6-7-13-22(21)31(24)15-14-18-8-2-1-3-9-18/h1-13H,14-17H2. The van der Waals surface area contributed by atoms with Crippen molar-refractivity contribution in [1.82, 2.24) is 24.6 Å². The lowest BCUT2D eigenvalue weighted by molar-refractivity contribution is 0.0664. The highest BCUT2D eigenvalue weighted by Crippen LogP contribution is 2.28. The van der Waals surface area contributed by atoms with Crippen LogP contribution in [-0.4, -0.2) is 48.8 Å². The average Bonchev–Trinajstić information content (AvgIpc) is 3.35. The average molecular weight is 480 g/mol. The number of amides is 2. The highest BCUT2D eigenvalue weighted by Gasteiger charge is 2.34. The summed E-state index contributed by atoms with van der Waals surface area (Å²) in [6.07, 6.45) is 0.876. The van der Waals surface area contributed by atoms with Crippen molar-refractivity contribution in [2.45, 2.75) is 18.1 Å². The van der Waals surface area contributed by atoms with Crippen LogP contribution in [0.2, 0.25) is 0 Å². The zero-order valence-electron chi connectivity index (χ0n) is 18.8.